The number of anilines is 1. The highest BCUT2D eigenvalue weighted by atomic mass is 28.4. The molecule has 286 valence electrons. The summed E-state index contributed by atoms with van der Waals surface area (Å²) in [6, 6.07) is 28.1. The van der Waals surface area contributed by atoms with Crippen molar-refractivity contribution in [3.05, 3.63) is 152 Å². The quantitative estimate of drug-likeness (QED) is 0.0679. The third-order valence-corrected chi connectivity index (χ3v) is 13.8. The number of rotatable bonds is 11. The first-order valence-corrected chi connectivity index (χ1v) is 21.5. The summed E-state index contributed by atoms with van der Waals surface area (Å²) < 4.78 is 26.3. The SMILES string of the molecule is C[C@@H]1[C@@H]([Si](C)(C)F)[C@H](CCn2cc(C(CO)c3ccccc3)nn2)O[C@@]12C(=O)N(Cc1ccc(-n3ncc4ccccc4c3=O)cc1)c1ccc([N+](=O)[O-])cc12. The number of carbonyl (C=O) groups excluding carboxylic acids is 1. The van der Waals surface area contributed by atoms with Crippen LogP contribution in [0.2, 0.25) is 18.6 Å². The minimum absolute atomic E-state index is 0.1000. The standard InChI is InChI=1S/C41H40FN7O6Si/c1-26-38(56(2,3)42)37(19-20-46-24-35(44-45-46)33(25-50)28-9-5-4-6-10-28)55-41(26)34-21-31(49(53)54)17-18-36(34)47(40(41)52)23-27-13-15-30(16-14-27)48-39(51)32-12-8-7-11-29(32)22-43-48/h4-18,21-22,24,26,33,37-38,50H,19-20,23,25H2,1-3H3/t26-,33?,37+,38-,41+/m1/s1. The number of non-ortho nitro benzene ring substituents is 1. The number of fused-ring (bicyclic) bond motifs is 3. The Morgan fingerprint density at radius 2 is 1.75 bits per heavy atom. The number of carbonyl (C=O) groups is 1. The Kier molecular flexibility index (Phi) is 9.46. The normalized spacial score (nSPS) is 21.2. The molecule has 1 fully saturated rings. The summed E-state index contributed by atoms with van der Waals surface area (Å²) in [6.07, 6.45) is 2.98. The van der Waals surface area contributed by atoms with Crippen molar-refractivity contribution in [3.63, 3.8) is 0 Å². The maximum atomic E-state index is 16.5. The number of aromatic nitrogens is 5. The van der Waals surface area contributed by atoms with Gasteiger partial charge in [-0.05, 0) is 54.9 Å². The Balaban J connectivity index is 1.09. The third kappa shape index (κ3) is 6.30. The Morgan fingerprint density at radius 3 is 2.46 bits per heavy atom. The maximum absolute atomic E-state index is 16.5. The fraction of sp³-hybridized carbons (Fsp3) is 0.293. The highest BCUT2D eigenvalue weighted by Crippen LogP contribution is 2.60. The zero-order chi connectivity index (χ0) is 39.4. The Hall–Kier alpha value is -5.90. The van der Waals surface area contributed by atoms with Gasteiger partial charge in [0, 0.05) is 47.3 Å². The van der Waals surface area contributed by atoms with Crippen LogP contribution in [0.4, 0.5) is 15.5 Å². The van der Waals surface area contributed by atoms with Gasteiger partial charge in [-0.25, -0.2) is 0 Å². The van der Waals surface area contributed by atoms with Crippen molar-refractivity contribution in [1.29, 1.82) is 0 Å². The molecule has 1 N–H and O–H groups in total. The summed E-state index contributed by atoms with van der Waals surface area (Å²) in [6.45, 7) is 5.26. The Labute approximate surface area is 322 Å². The predicted molar refractivity (Wildman–Crippen MR) is 210 cm³/mol. The van der Waals surface area contributed by atoms with Crippen LogP contribution in [0, 0.1) is 16.0 Å². The van der Waals surface area contributed by atoms with E-state index in [0.717, 1.165) is 16.5 Å². The fourth-order valence-corrected chi connectivity index (χ4v) is 11.2. The van der Waals surface area contributed by atoms with Crippen LogP contribution in [-0.4, -0.2) is 61.8 Å². The zero-order valence-electron chi connectivity index (χ0n) is 31.0. The second-order valence-electron chi connectivity index (χ2n) is 15.1. The van der Waals surface area contributed by atoms with Crippen LogP contribution in [0.15, 0.2) is 114 Å². The van der Waals surface area contributed by atoms with Gasteiger partial charge in [0.25, 0.3) is 17.2 Å². The summed E-state index contributed by atoms with van der Waals surface area (Å²) in [7, 11) is -3.53. The molecule has 1 unspecified atom stereocenters. The number of nitro benzene ring substituents is 1. The van der Waals surface area contributed by atoms with Crippen LogP contribution in [0.3, 0.4) is 0 Å². The molecule has 1 amide bonds. The molecule has 2 aliphatic rings. The van der Waals surface area contributed by atoms with E-state index in [4.69, 9.17) is 4.74 Å². The molecule has 15 heteroatoms. The second kappa shape index (κ2) is 14.3. The van der Waals surface area contributed by atoms with Crippen molar-refractivity contribution in [2.75, 3.05) is 11.5 Å². The molecular weight excluding hydrogens is 734 g/mol. The van der Waals surface area contributed by atoms with Crippen LogP contribution >= 0.6 is 0 Å². The van der Waals surface area contributed by atoms with Crippen LogP contribution in [0.5, 0.6) is 0 Å². The molecule has 1 spiro atoms. The summed E-state index contributed by atoms with van der Waals surface area (Å²) in [5, 5.41) is 36.4. The molecule has 4 heterocycles. The number of aliphatic hydroxyl groups excluding tert-OH is 1. The number of amides is 1. The third-order valence-electron chi connectivity index (χ3n) is 11.3. The minimum Gasteiger partial charge on any atom is -0.395 e. The van der Waals surface area contributed by atoms with Gasteiger partial charge in [-0.15, -0.1) is 5.10 Å². The number of aryl methyl sites for hydroxylation is 1. The number of benzene rings is 4. The maximum Gasteiger partial charge on any atom is 0.279 e. The number of aliphatic hydroxyl groups is 1. The fourth-order valence-electron chi connectivity index (χ4n) is 8.67. The number of ether oxygens (including phenoxy) is 1. The first kappa shape index (κ1) is 37.0. The van der Waals surface area contributed by atoms with E-state index in [1.165, 1.54) is 16.8 Å². The monoisotopic (exact) mass is 773 g/mol. The van der Waals surface area contributed by atoms with E-state index in [0.29, 0.717) is 41.0 Å². The molecule has 8 rings (SSSR count). The Bertz CT molecular complexity index is 2510. The summed E-state index contributed by atoms with van der Waals surface area (Å²) in [5.74, 6) is -1.45. The second-order valence-corrected chi connectivity index (χ2v) is 18.9. The first-order valence-electron chi connectivity index (χ1n) is 18.5. The molecule has 2 aromatic heterocycles. The number of hydrogen-bond donors (Lipinski definition) is 1. The van der Waals surface area contributed by atoms with Crippen molar-refractivity contribution in [1.82, 2.24) is 24.8 Å². The van der Waals surface area contributed by atoms with E-state index >= 15 is 4.11 Å². The van der Waals surface area contributed by atoms with Gasteiger partial charge in [0.1, 0.15) is 0 Å². The predicted octanol–water partition coefficient (Wildman–Crippen LogP) is 6.42. The average molecular weight is 774 g/mol. The van der Waals surface area contributed by atoms with E-state index in [1.807, 2.05) is 49.4 Å². The molecule has 56 heavy (non-hydrogen) atoms. The lowest BCUT2D eigenvalue weighted by Crippen LogP contribution is -2.45. The van der Waals surface area contributed by atoms with Crippen molar-refractivity contribution in [3.8, 4) is 5.69 Å². The van der Waals surface area contributed by atoms with Gasteiger partial charge in [-0.3, -0.25) is 24.4 Å². The van der Waals surface area contributed by atoms with Gasteiger partial charge in [-0.2, -0.15) is 9.78 Å². The molecular formula is C41H40FN7O6Si. The largest absolute Gasteiger partial charge is 0.395 e. The lowest BCUT2D eigenvalue weighted by Gasteiger charge is -2.31. The number of hydrogen-bond acceptors (Lipinski definition) is 9. The van der Waals surface area contributed by atoms with Gasteiger partial charge in [0.05, 0.1) is 58.7 Å². The van der Waals surface area contributed by atoms with E-state index < -0.39 is 42.4 Å². The molecule has 0 saturated carbocycles. The van der Waals surface area contributed by atoms with Gasteiger partial charge < -0.3 is 18.9 Å². The average Bonchev–Trinajstić information content (AvgIpc) is 3.85. The molecule has 4 aromatic carbocycles. The number of nitro groups is 1. The van der Waals surface area contributed by atoms with Crippen molar-refractivity contribution >= 4 is 36.5 Å². The van der Waals surface area contributed by atoms with Crippen LogP contribution in [0.25, 0.3) is 16.5 Å². The smallest absolute Gasteiger partial charge is 0.279 e. The highest BCUT2D eigenvalue weighted by molar-refractivity contribution is 6.72. The van der Waals surface area contributed by atoms with E-state index in [-0.39, 0.29) is 30.3 Å². The molecule has 2 aliphatic heterocycles. The summed E-state index contributed by atoms with van der Waals surface area (Å²) >= 11 is 0. The highest BCUT2D eigenvalue weighted by Gasteiger charge is 2.67. The van der Waals surface area contributed by atoms with Crippen LogP contribution < -0.4 is 10.5 Å². The van der Waals surface area contributed by atoms with Crippen molar-refractivity contribution in [2.45, 2.75) is 62.7 Å². The van der Waals surface area contributed by atoms with Gasteiger partial charge in [-0.1, -0.05) is 72.8 Å². The van der Waals surface area contributed by atoms with Crippen molar-refractivity contribution < 1.29 is 23.7 Å². The van der Waals surface area contributed by atoms with E-state index in [2.05, 4.69) is 15.4 Å². The molecule has 0 bridgehead atoms. The van der Waals surface area contributed by atoms with Crippen LogP contribution in [-0.2, 0) is 28.2 Å². The number of nitrogens with zero attached hydrogens (tertiary/aromatic N) is 7. The van der Waals surface area contributed by atoms with Crippen LogP contribution in [0.1, 0.15) is 41.6 Å². The lowest BCUT2D eigenvalue weighted by atomic mass is 9.82. The summed E-state index contributed by atoms with van der Waals surface area (Å²) in [4.78, 5) is 41.2. The molecule has 13 nitrogen and oxygen atoms in total. The zero-order valence-corrected chi connectivity index (χ0v) is 32.0. The first-order chi connectivity index (χ1) is 26.9. The van der Waals surface area contributed by atoms with Gasteiger partial charge >= 0.3 is 0 Å². The molecule has 1 saturated heterocycles. The molecule has 0 aliphatic carbocycles. The molecule has 6 aromatic rings. The van der Waals surface area contributed by atoms with Gasteiger partial charge in [0.2, 0.25) is 8.41 Å². The topological polar surface area (TPSA) is 159 Å². The summed E-state index contributed by atoms with van der Waals surface area (Å²) in [5.41, 5.74) is 0.797. The van der Waals surface area contributed by atoms with Crippen molar-refractivity contribution in [2.24, 2.45) is 5.92 Å². The molecule has 5 atom stereocenters. The molecule has 0 radical (unpaired) electrons. The Morgan fingerprint density at radius 1 is 1.02 bits per heavy atom. The van der Waals surface area contributed by atoms with E-state index in [1.54, 1.807) is 77.5 Å². The number of halogens is 1. The minimum atomic E-state index is -3.53. The van der Waals surface area contributed by atoms with E-state index in [9.17, 15) is 24.8 Å². The van der Waals surface area contributed by atoms with Gasteiger partial charge in [0.15, 0.2) is 5.60 Å². The lowest BCUT2D eigenvalue weighted by molar-refractivity contribution is -0.385.